The summed E-state index contributed by atoms with van der Waals surface area (Å²) < 4.78 is 29.5. The standard InChI is InChI=1S/C16H22F2N2O.ClH/c1-20(14-8-12-6-7-13(9-14)19-12)10-11-4-2-3-5-15(11)21-16(17)18;/h2-5,12-14,16,19H,6-10H2,1H3;1H. The van der Waals surface area contributed by atoms with Crippen LogP contribution in [0.4, 0.5) is 8.78 Å². The van der Waals surface area contributed by atoms with E-state index in [-0.39, 0.29) is 18.2 Å². The normalized spacial score (nSPS) is 27.0. The molecule has 1 aromatic carbocycles. The summed E-state index contributed by atoms with van der Waals surface area (Å²) in [6.45, 7) is -2.13. The predicted octanol–water partition coefficient (Wildman–Crippen LogP) is 3.42. The van der Waals surface area contributed by atoms with Crippen LogP contribution in [0.2, 0.25) is 0 Å². The number of fused-ring (bicyclic) bond motifs is 2. The third kappa shape index (κ3) is 4.09. The predicted molar refractivity (Wildman–Crippen MR) is 84.8 cm³/mol. The van der Waals surface area contributed by atoms with Crippen LogP contribution in [0, 0.1) is 0 Å². The molecular weight excluding hydrogens is 310 g/mol. The Kier molecular flexibility index (Phi) is 6.01. The van der Waals surface area contributed by atoms with E-state index in [1.54, 1.807) is 12.1 Å². The highest BCUT2D eigenvalue weighted by Gasteiger charge is 2.35. The molecule has 3 rings (SSSR count). The molecule has 2 unspecified atom stereocenters. The Bertz CT molecular complexity index is 477. The third-order valence-corrected chi connectivity index (χ3v) is 4.68. The smallest absolute Gasteiger partial charge is 0.387 e. The average molecular weight is 333 g/mol. The molecule has 0 radical (unpaired) electrons. The van der Waals surface area contributed by atoms with Crippen LogP contribution >= 0.6 is 12.4 Å². The van der Waals surface area contributed by atoms with Gasteiger partial charge in [-0.05, 0) is 38.8 Å². The molecule has 6 heteroatoms. The number of nitrogens with zero attached hydrogens (tertiary/aromatic N) is 1. The van der Waals surface area contributed by atoms with E-state index in [4.69, 9.17) is 0 Å². The fourth-order valence-corrected chi connectivity index (χ4v) is 3.63. The Morgan fingerprint density at radius 2 is 1.86 bits per heavy atom. The first-order valence-corrected chi connectivity index (χ1v) is 7.61. The first-order chi connectivity index (χ1) is 10.1. The van der Waals surface area contributed by atoms with Crippen LogP contribution in [-0.4, -0.2) is 36.7 Å². The molecule has 124 valence electrons. The lowest BCUT2D eigenvalue weighted by Crippen LogP contribution is -2.46. The molecule has 0 aromatic heterocycles. The van der Waals surface area contributed by atoms with Crippen LogP contribution in [0.25, 0.3) is 0 Å². The maximum absolute atomic E-state index is 12.5. The molecule has 2 fully saturated rings. The van der Waals surface area contributed by atoms with Crippen molar-refractivity contribution in [2.75, 3.05) is 7.05 Å². The van der Waals surface area contributed by atoms with Crippen molar-refractivity contribution >= 4 is 12.4 Å². The molecule has 22 heavy (non-hydrogen) atoms. The van der Waals surface area contributed by atoms with Gasteiger partial charge in [0.05, 0.1) is 0 Å². The van der Waals surface area contributed by atoms with Gasteiger partial charge in [0.2, 0.25) is 0 Å². The average Bonchev–Trinajstić information content (AvgIpc) is 2.79. The fourth-order valence-electron chi connectivity index (χ4n) is 3.63. The van der Waals surface area contributed by atoms with Crippen LogP contribution in [0.5, 0.6) is 5.75 Å². The van der Waals surface area contributed by atoms with Crippen molar-refractivity contribution in [3.05, 3.63) is 29.8 Å². The SMILES string of the molecule is CN(Cc1ccccc1OC(F)F)C1CC2CCC(C1)N2.Cl. The highest BCUT2D eigenvalue weighted by Crippen LogP contribution is 2.31. The fraction of sp³-hybridized carbons (Fsp3) is 0.625. The maximum Gasteiger partial charge on any atom is 0.387 e. The van der Waals surface area contributed by atoms with Crippen LogP contribution in [-0.2, 0) is 6.54 Å². The number of halogens is 3. The van der Waals surface area contributed by atoms with Crippen molar-refractivity contribution in [2.45, 2.75) is 57.0 Å². The quantitative estimate of drug-likeness (QED) is 0.894. The molecule has 0 amide bonds. The lowest BCUT2D eigenvalue weighted by Gasteiger charge is -2.35. The number of ether oxygens (including phenoxy) is 1. The summed E-state index contributed by atoms with van der Waals surface area (Å²) in [5.41, 5.74) is 0.825. The van der Waals surface area contributed by atoms with E-state index in [2.05, 4.69) is 22.0 Å². The largest absolute Gasteiger partial charge is 0.434 e. The first kappa shape index (κ1) is 17.4. The van der Waals surface area contributed by atoms with Gasteiger partial charge in [-0.1, -0.05) is 18.2 Å². The number of hydrogen-bond acceptors (Lipinski definition) is 3. The summed E-state index contributed by atoms with van der Waals surface area (Å²) in [7, 11) is 2.08. The van der Waals surface area contributed by atoms with Crippen molar-refractivity contribution in [3.63, 3.8) is 0 Å². The summed E-state index contributed by atoms with van der Waals surface area (Å²) in [5.74, 6) is 0.288. The third-order valence-electron chi connectivity index (χ3n) is 4.68. The van der Waals surface area contributed by atoms with Gasteiger partial charge < -0.3 is 10.1 Å². The summed E-state index contributed by atoms with van der Waals surface area (Å²) in [6.07, 6.45) is 4.82. The van der Waals surface area contributed by atoms with Crippen LogP contribution in [0.1, 0.15) is 31.2 Å². The Balaban J connectivity index is 0.00000176. The Hall–Kier alpha value is -0.910. The minimum absolute atomic E-state index is 0. The number of nitrogens with one attached hydrogen (secondary N) is 1. The minimum Gasteiger partial charge on any atom is -0.434 e. The molecule has 2 atom stereocenters. The van der Waals surface area contributed by atoms with E-state index >= 15 is 0 Å². The molecule has 2 aliphatic heterocycles. The lowest BCUT2D eigenvalue weighted by molar-refractivity contribution is -0.0508. The second kappa shape index (κ2) is 7.57. The van der Waals surface area contributed by atoms with Crippen molar-refractivity contribution in [1.82, 2.24) is 10.2 Å². The Morgan fingerprint density at radius 3 is 2.50 bits per heavy atom. The molecule has 2 bridgehead atoms. The minimum atomic E-state index is -2.77. The molecule has 0 spiro atoms. The van der Waals surface area contributed by atoms with Gasteiger partial charge >= 0.3 is 6.61 Å². The van der Waals surface area contributed by atoms with E-state index < -0.39 is 6.61 Å². The molecule has 2 heterocycles. The van der Waals surface area contributed by atoms with Crippen molar-refractivity contribution in [1.29, 1.82) is 0 Å². The number of piperidine rings is 1. The van der Waals surface area contributed by atoms with Gasteiger partial charge in [-0.3, -0.25) is 4.90 Å². The van der Waals surface area contributed by atoms with Gasteiger partial charge in [0, 0.05) is 30.2 Å². The molecule has 0 aliphatic carbocycles. The van der Waals surface area contributed by atoms with E-state index in [1.165, 1.54) is 12.8 Å². The number of alkyl halides is 2. The summed E-state index contributed by atoms with van der Waals surface area (Å²) >= 11 is 0. The monoisotopic (exact) mass is 332 g/mol. The second-order valence-electron chi connectivity index (χ2n) is 6.16. The lowest BCUT2D eigenvalue weighted by atomic mass is 9.98. The van der Waals surface area contributed by atoms with E-state index in [0.29, 0.717) is 24.7 Å². The molecule has 1 aromatic rings. The molecule has 0 saturated carbocycles. The van der Waals surface area contributed by atoms with Crippen LogP contribution in [0.15, 0.2) is 24.3 Å². The van der Waals surface area contributed by atoms with Gasteiger partial charge in [0.15, 0.2) is 0 Å². The number of hydrogen-bond donors (Lipinski definition) is 1. The molecule has 1 N–H and O–H groups in total. The topological polar surface area (TPSA) is 24.5 Å². The van der Waals surface area contributed by atoms with E-state index in [9.17, 15) is 8.78 Å². The van der Waals surface area contributed by atoms with E-state index in [0.717, 1.165) is 18.4 Å². The van der Waals surface area contributed by atoms with Crippen molar-refractivity contribution in [3.8, 4) is 5.75 Å². The van der Waals surface area contributed by atoms with Crippen molar-refractivity contribution < 1.29 is 13.5 Å². The Labute approximate surface area is 136 Å². The second-order valence-corrected chi connectivity index (χ2v) is 6.16. The first-order valence-electron chi connectivity index (χ1n) is 7.61. The van der Waals surface area contributed by atoms with Crippen molar-refractivity contribution in [2.24, 2.45) is 0 Å². The van der Waals surface area contributed by atoms with Gasteiger partial charge in [0.25, 0.3) is 0 Å². The number of para-hydroxylation sites is 1. The van der Waals surface area contributed by atoms with Gasteiger partial charge in [-0.2, -0.15) is 8.78 Å². The summed E-state index contributed by atoms with van der Waals surface area (Å²) in [6, 6.07) is 8.85. The van der Waals surface area contributed by atoms with E-state index in [1.807, 2.05) is 12.1 Å². The van der Waals surface area contributed by atoms with Gasteiger partial charge in [-0.25, -0.2) is 0 Å². The van der Waals surface area contributed by atoms with Gasteiger partial charge in [-0.15, -0.1) is 12.4 Å². The molecule has 3 nitrogen and oxygen atoms in total. The van der Waals surface area contributed by atoms with Crippen LogP contribution < -0.4 is 10.1 Å². The zero-order chi connectivity index (χ0) is 14.8. The van der Waals surface area contributed by atoms with Gasteiger partial charge in [0.1, 0.15) is 5.75 Å². The maximum atomic E-state index is 12.5. The van der Waals surface area contributed by atoms with Crippen LogP contribution in [0.3, 0.4) is 0 Å². The Morgan fingerprint density at radius 1 is 1.23 bits per heavy atom. The molecule has 2 aliphatic rings. The molecule has 2 saturated heterocycles. The zero-order valence-corrected chi connectivity index (χ0v) is 13.5. The highest BCUT2D eigenvalue weighted by atomic mass is 35.5. The zero-order valence-electron chi connectivity index (χ0n) is 12.7. The summed E-state index contributed by atoms with van der Waals surface area (Å²) in [4.78, 5) is 2.28. The highest BCUT2D eigenvalue weighted by molar-refractivity contribution is 5.85. The number of benzene rings is 1. The molecular formula is C16H23ClF2N2O. The summed E-state index contributed by atoms with van der Waals surface area (Å²) in [5, 5.41) is 3.63. The number of rotatable bonds is 5.